The highest BCUT2D eigenvalue weighted by Crippen LogP contribution is 2.28. The summed E-state index contributed by atoms with van der Waals surface area (Å²) in [6, 6.07) is 7.85. The van der Waals surface area contributed by atoms with Gasteiger partial charge in [0.15, 0.2) is 0 Å². The molecule has 0 saturated carbocycles. The minimum Gasteiger partial charge on any atom is -0.372 e. The van der Waals surface area contributed by atoms with Gasteiger partial charge in [-0.2, -0.15) is 0 Å². The van der Waals surface area contributed by atoms with Gasteiger partial charge in [-0.1, -0.05) is 30.4 Å². The molecule has 1 aliphatic carbocycles. The largest absolute Gasteiger partial charge is 0.372 e. The number of amidine groups is 1. The molecule has 2 heterocycles. The Bertz CT molecular complexity index is 1070. The van der Waals surface area contributed by atoms with E-state index in [9.17, 15) is 9.59 Å². The van der Waals surface area contributed by atoms with Gasteiger partial charge in [0, 0.05) is 31.7 Å². The molecule has 2 atom stereocenters. The predicted octanol–water partition coefficient (Wildman–Crippen LogP) is 3.20. The fourth-order valence-corrected chi connectivity index (χ4v) is 4.59. The smallest absolute Gasteiger partial charge is 0.259 e. The Morgan fingerprint density at radius 3 is 2.94 bits per heavy atom. The van der Waals surface area contributed by atoms with Crippen molar-refractivity contribution in [1.29, 1.82) is 0 Å². The van der Waals surface area contributed by atoms with Crippen molar-refractivity contribution < 1.29 is 9.59 Å². The first-order valence-corrected chi connectivity index (χ1v) is 11.9. The van der Waals surface area contributed by atoms with Gasteiger partial charge >= 0.3 is 0 Å². The lowest BCUT2D eigenvalue weighted by Gasteiger charge is -2.28. The number of aryl methyl sites for hydroxylation is 1. The summed E-state index contributed by atoms with van der Waals surface area (Å²) in [6.07, 6.45) is 9.13. The van der Waals surface area contributed by atoms with Crippen LogP contribution in [0.1, 0.15) is 31.7 Å². The SMILES string of the molecule is CCN(CCCNC(=O)CCC1N=C2C3C=CC=CC3=NC(=S)N2C1=O)c1cccc(C)c1. The zero-order valence-electron chi connectivity index (χ0n) is 19.0. The molecule has 0 fully saturated rings. The summed E-state index contributed by atoms with van der Waals surface area (Å²) in [7, 11) is 0. The van der Waals surface area contributed by atoms with E-state index in [1.54, 1.807) is 0 Å². The highest BCUT2D eigenvalue weighted by atomic mass is 32.1. The molecule has 1 aromatic carbocycles. The quantitative estimate of drug-likeness (QED) is 0.451. The van der Waals surface area contributed by atoms with Gasteiger partial charge in [0.1, 0.15) is 11.9 Å². The van der Waals surface area contributed by atoms with E-state index in [-0.39, 0.29) is 29.3 Å². The molecule has 0 bridgehead atoms. The highest BCUT2D eigenvalue weighted by Gasteiger charge is 2.43. The van der Waals surface area contributed by atoms with Gasteiger partial charge in [0.2, 0.25) is 11.0 Å². The zero-order valence-corrected chi connectivity index (χ0v) is 19.8. The van der Waals surface area contributed by atoms with Crippen LogP contribution in [0.2, 0.25) is 0 Å². The van der Waals surface area contributed by atoms with Crippen LogP contribution in [-0.2, 0) is 9.59 Å². The Balaban J connectivity index is 1.24. The van der Waals surface area contributed by atoms with Crippen molar-refractivity contribution in [3.8, 4) is 0 Å². The Labute approximate surface area is 200 Å². The van der Waals surface area contributed by atoms with Gasteiger partial charge in [-0.3, -0.25) is 14.6 Å². The number of rotatable bonds is 9. The summed E-state index contributed by atoms with van der Waals surface area (Å²) >= 11 is 5.32. The number of allylic oxidation sites excluding steroid dienone is 3. The molecule has 4 rings (SSSR count). The standard InChI is InChI=1S/C25H29N5O2S/c1-3-29(18-9-6-8-17(2)16-18)15-7-14-26-22(31)13-12-21-24(32)30-23(27-21)19-10-4-5-11-20(19)28-25(30)33/h4-6,8-11,16,19,21H,3,7,12-15H2,1-2H3,(H,26,31). The van der Waals surface area contributed by atoms with Crippen LogP contribution in [0.25, 0.3) is 0 Å². The summed E-state index contributed by atoms with van der Waals surface area (Å²) in [5.74, 6) is 0.216. The van der Waals surface area contributed by atoms with Crippen molar-refractivity contribution in [1.82, 2.24) is 10.2 Å². The molecule has 33 heavy (non-hydrogen) atoms. The molecule has 1 N–H and O–H groups in total. The number of thiocarbonyl (C=S) groups is 1. The van der Waals surface area contributed by atoms with Crippen LogP contribution >= 0.6 is 12.2 Å². The predicted molar refractivity (Wildman–Crippen MR) is 136 cm³/mol. The molecular weight excluding hydrogens is 434 g/mol. The van der Waals surface area contributed by atoms with E-state index in [1.165, 1.54) is 16.2 Å². The summed E-state index contributed by atoms with van der Waals surface area (Å²) in [6.45, 7) is 6.60. The van der Waals surface area contributed by atoms with E-state index < -0.39 is 6.04 Å². The molecule has 7 nitrogen and oxygen atoms in total. The number of anilines is 1. The minimum absolute atomic E-state index is 0.0634. The maximum atomic E-state index is 12.8. The molecule has 8 heteroatoms. The monoisotopic (exact) mass is 463 g/mol. The molecule has 0 radical (unpaired) electrons. The molecular formula is C25H29N5O2S. The van der Waals surface area contributed by atoms with E-state index in [2.05, 4.69) is 58.3 Å². The number of hydrogen-bond donors (Lipinski definition) is 1. The van der Waals surface area contributed by atoms with Gasteiger partial charge < -0.3 is 10.2 Å². The molecule has 2 aliphatic heterocycles. The second-order valence-corrected chi connectivity index (χ2v) is 8.74. The zero-order chi connectivity index (χ0) is 23.4. The maximum Gasteiger partial charge on any atom is 0.259 e. The molecule has 0 aromatic heterocycles. The summed E-state index contributed by atoms with van der Waals surface area (Å²) in [4.78, 5) is 37.9. The number of fused-ring (bicyclic) bond motifs is 3. The first-order valence-electron chi connectivity index (χ1n) is 11.5. The van der Waals surface area contributed by atoms with Crippen molar-refractivity contribution in [3.63, 3.8) is 0 Å². The molecule has 0 spiro atoms. The van der Waals surface area contributed by atoms with Crippen LogP contribution in [0.4, 0.5) is 5.69 Å². The lowest BCUT2D eigenvalue weighted by Crippen LogP contribution is -2.46. The molecule has 3 aliphatic rings. The lowest BCUT2D eigenvalue weighted by molar-refractivity contribution is -0.125. The van der Waals surface area contributed by atoms with E-state index >= 15 is 0 Å². The third-order valence-electron chi connectivity index (χ3n) is 6.04. The van der Waals surface area contributed by atoms with Crippen LogP contribution in [0.15, 0.2) is 58.6 Å². The average molecular weight is 464 g/mol. The fourth-order valence-electron chi connectivity index (χ4n) is 4.30. The topological polar surface area (TPSA) is 77.4 Å². The van der Waals surface area contributed by atoms with E-state index in [1.807, 2.05) is 24.3 Å². The van der Waals surface area contributed by atoms with Gasteiger partial charge in [0.25, 0.3) is 5.91 Å². The second-order valence-electron chi connectivity index (χ2n) is 8.38. The molecule has 2 unspecified atom stereocenters. The van der Waals surface area contributed by atoms with E-state index in [4.69, 9.17) is 12.2 Å². The summed E-state index contributed by atoms with van der Waals surface area (Å²) in [5.41, 5.74) is 3.24. The van der Waals surface area contributed by atoms with Gasteiger partial charge in [-0.15, -0.1) is 0 Å². The first kappa shape index (κ1) is 23.0. The second kappa shape index (κ2) is 10.2. The van der Waals surface area contributed by atoms with Crippen molar-refractivity contribution in [2.45, 2.75) is 39.2 Å². The first-order chi connectivity index (χ1) is 16.0. The van der Waals surface area contributed by atoms with Crippen molar-refractivity contribution in [3.05, 3.63) is 54.1 Å². The molecule has 172 valence electrons. The van der Waals surface area contributed by atoms with Gasteiger partial charge in [0.05, 0.1) is 11.6 Å². The number of nitrogens with zero attached hydrogens (tertiary/aromatic N) is 4. The maximum absolute atomic E-state index is 12.8. The third-order valence-corrected chi connectivity index (χ3v) is 6.31. The van der Waals surface area contributed by atoms with Gasteiger partial charge in [-0.25, -0.2) is 9.89 Å². The minimum atomic E-state index is -0.588. The Morgan fingerprint density at radius 2 is 2.15 bits per heavy atom. The number of hydrogen-bond acceptors (Lipinski definition) is 5. The Hall–Kier alpha value is -3.13. The average Bonchev–Trinajstić information content (AvgIpc) is 3.15. The van der Waals surface area contributed by atoms with E-state index in [0.717, 1.165) is 25.2 Å². The van der Waals surface area contributed by atoms with Crippen LogP contribution in [0.3, 0.4) is 0 Å². The Kier molecular flexibility index (Phi) is 7.13. The Morgan fingerprint density at radius 1 is 1.30 bits per heavy atom. The summed E-state index contributed by atoms with van der Waals surface area (Å²) < 4.78 is 0. The number of nitrogens with one attached hydrogen (secondary N) is 1. The summed E-state index contributed by atoms with van der Waals surface area (Å²) in [5, 5.41) is 3.20. The van der Waals surface area contributed by atoms with Gasteiger partial charge in [-0.05, 0) is 62.7 Å². The number of aliphatic imine (C=N–C) groups is 2. The highest BCUT2D eigenvalue weighted by molar-refractivity contribution is 7.80. The van der Waals surface area contributed by atoms with Crippen LogP contribution in [-0.4, -0.2) is 59.1 Å². The fraction of sp³-hybridized carbons (Fsp3) is 0.400. The molecule has 2 amide bonds. The lowest BCUT2D eigenvalue weighted by atomic mass is 9.95. The van der Waals surface area contributed by atoms with E-state index in [0.29, 0.717) is 18.8 Å². The van der Waals surface area contributed by atoms with Crippen LogP contribution in [0.5, 0.6) is 0 Å². The van der Waals surface area contributed by atoms with Crippen molar-refractivity contribution in [2.24, 2.45) is 15.9 Å². The number of carbonyl (C=O) groups is 2. The number of amides is 2. The van der Waals surface area contributed by atoms with Crippen molar-refractivity contribution in [2.75, 3.05) is 24.5 Å². The normalized spacial score (nSPS) is 20.8. The molecule has 0 saturated heterocycles. The van der Waals surface area contributed by atoms with Crippen LogP contribution in [0, 0.1) is 12.8 Å². The number of benzene rings is 1. The van der Waals surface area contributed by atoms with Crippen molar-refractivity contribution >= 4 is 46.4 Å². The molecule has 1 aromatic rings. The third kappa shape index (κ3) is 5.11. The van der Waals surface area contributed by atoms with Crippen LogP contribution < -0.4 is 10.2 Å². The number of carbonyl (C=O) groups excluding carboxylic acids is 2.